The van der Waals surface area contributed by atoms with Gasteiger partial charge in [0.1, 0.15) is 29.3 Å². The van der Waals surface area contributed by atoms with Crippen LogP contribution in [0.2, 0.25) is 5.02 Å². The first-order chi connectivity index (χ1) is 20.6. The number of pyridine rings is 2. The van der Waals surface area contributed by atoms with Gasteiger partial charge in [-0.1, -0.05) is 11.6 Å². The van der Waals surface area contributed by atoms with E-state index in [9.17, 15) is 36.6 Å². The quantitative estimate of drug-likeness (QED) is 0.256. The van der Waals surface area contributed by atoms with Crippen molar-refractivity contribution < 1.29 is 41.4 Å². The molecule has 230 valence electrons. The number of amides is 2. The van der Waals surface area contributed by atoms with E-state index in [1.54, 1.807) is 6.20 Å². The molecule has 4 heterocycles. The molecule has 4 aromatic rings. The molecule has 0 radical (unpaired) electrons. The lowest BCUT2D eigenvalue weighted by Crippen LogP contribution is -2.51. The summed E-state index contributed by atoms with van der Waals surface area (Å²) in [4.78, 5) is 33.6. The fourth-order valence-corrected chi connectivity index (χ4v) is 5.24. The third kappa shape index (κ3) is 4.81. The van der Waals surface area contributed by atoms with E-state index in [0.29, 0.717) is 5.69 Å². The molecule has 15 heteroatoms. The van der Waals surface area contributed by atoms with Crippen molar-refractivity contribution in [1.29, 1.82) is 0 Å². The van der Waals surface area contributed by atoms with Crippen LogP contribution in [0.3, 0.4) is 0 Å². The highest BCUT2D eigenvalue weighted by molar-refractivity contribution is 6.31. The van der Waals surface area contributed by atoms with Crippen LogP contribution in [0.1, 0.15) is 53.0 Å². The lowest BCUT2D eigenvalue weighted by molar-refractivity contribution is -0.265. The summed E-state index contributed by atoms with van der Waals surface area (Å²) in [5.74, 6) is -3.64. The Balaban J connectivity index is 1.40. The minimum absolute atomic E-state index is 0.0199. The van der Waals surface area contributed by atoms with Crippen molar-refractivity contribution >= 4 is 29.1 Å². The van der Waals surface area contributed by atoms with Crippen LogP contribution in [0.4, 0.5) is 22.0 Å². The van der Waals surface area contributed by atoms with E-state index in [4.69, 9.17) is 22.1 Å². The monoisotopic (exact) mass is 635 g/mol. The van der Waals surface area contributed by atoms with Crippen molar-refractivity contribution in [3.8, 4) is 17.0 Å². The van der Waals surface area contributed by atoms with Gasteiger partial charge in [0.05, 0.1) is 28.5 Å². The fourth-order valence-electron chi connectivity index (χ4n) is 5.06. The number of hydrogen-bond donors (Lipinski definition) is 3. The molecule has 0 saturated heterocycles. The number of aromatic nitrogens is 3. The van der Waals surface area contributed by atoms with Crippen molar-refractivity contribution in [2.24, 2.45) is 5.73 Å². The van der Waals surface area contributed by atoms with Crippen molar-refractivity contribution in [3.05, 3.63) is 81.9 Å². The Labute approximate surface area is 250 Å². The first kappa shape index (κ1) is 29.8. The molecule has 1 unspecified atom stereocenters. The number of nitrogens with two attached hydrogens (primary N) is 1. The molecular formula is C29H23ClF5N5O4. The van der Waals surface area contributed by atoms with Crippen LogP contribution in [0.5, 0.6) is 5.75 Å². The zero-order chi connectivity index (χ0) is 31.8. The van der Waals surface area contributed by atoms with Gasteiger partial charge in [-0.05, 0) is 50.1 Å². The Kier molecular flexibility index (Phi) is 6.85. The Bertz CT molecular complexity index is 1860. The predicted molar refractivity (Wildman–Crippen MR) is 146 cm³/mol. The molecule has 6 rings (SSSR count). The van der Waals surface area contributed by atoms with Gasteiger partial charge in [-0.3, -0.25) is 9.59 Å². The van der Waals surface area contributed by atoms with Gasteiger partial charge < -0.3 is 25.3 Å². The minimum Gasteiger partial charge on any atom is -0.489 e. The maximum Gasteiger partial charge on any atom is 0.424 e. The maximum absolute atomic E-state index is 14.8. The molecule has 1 fully saturated rings. The number of carbonyl (C=O) groups is 2. The van der Waals surface area contributed by atoms with Gasteiger partial charge in [-0.15, -0.1) is 0 Å². The van der Waals surface area contributed by atoms with Crippen LogP contribution in [0.25, 0.3) is 16.9 Å². The van der Waals surface area contributed by atoms with Gasteiger partial charge in [0.25, 0.3) is 5.91 Å². The lowest BCUT2D eigenvalue weighted by Gasteiger charge is -2.31. The zero-order valence-electron chi connectivity index (χ0n) is 22.8. The Morgan fingerprint density at radius 3 is 2.52 bits per heavy atom. The first-order valence-electron chi connectivity index (χ1n) is 13.3. The number of rotatable bonds is 7. The highest BCUT2D eigenvalue weighted by atomic mass is 35.5. The summed E-state index contributed by atoms with van der Waals surface area (Å²) < 4.78 is 79.5. The number of hydrogen-bond acceptors (Lipinski definition) is 6. The standard InChI is InChI=1S/C29H23ClF5N5O4/c1-27(26(36)42)12-44-23-16(27)8-21(39-22(23)14-4-5-18(31)17(30)6-14)28(43,29(33,34)35)11-37-25(41)15-7-19(32)24-38-20(13-2-3-13)10-40(24)9-15/h4-10,13,43H,2-3,11-12H2,1H3,(H2,36,42)(H,37,41)/t27-,28?/m0/s1. The first-order valence-corrected chi connectivity index (χ1v) is 13.7. The second-order valence-electron chi connectivity index (χ2n) is 11.1. The van der Waals surface area contributed by atoms with Crippen molar-refractivity contribution in [2.75, 3.05) is 13.2 Å². The lowest BCUT2D eigenvalue weighted by atomic mass is 9.81. The molecule has 2 aliphatic rings. The molecule has 2 amide bonds. The predicted octanol–water partition coefficient (Wildman–Crippen LogP) is 4.52. The molecule has 1 saturated carbocycles. The van der Waals surface area contributed by atoms with E-state index in [1.165, 1.54) is 23.6 Å². The summed E-state index contributed by atoms with van der Waals surface area (Å²) >= 11 is 5.91. The highest BCUT2D eigenvalue weighted by Crippen LogP contribution is 2.48. The number of halogens is 6. The van der Waals surface area contributed by atoms with Gasteiger partial charge in [0.15, 0.2) is 11.5 Å². The molecule has 3 aromatic heterocycles. The summed E-state index contributed by atoms with van der Waals surface area (Å²) in [5.41, 5.74) is -0.983. The summed E-state index contributed by atoms with van der Waals surface area (Å²) in [6.07, 6.45) is -0.869. The molecule has 1 aliphatic carbocycles. The number of nitrogens with zero attached hydrogens (tertiary/aromatic N) is 3. The summed E-state index contributed by atoms with van der Waals surface area (Å²) in [5, 5.41) is 12.8. The third-order valence-corrected chi connectivity index (χ3v) is 8.28. The number of benzene rings is 1. The van der Waals surface area contributed by atoms with Gasteiger partial charge in [-0.25, -0.2) is 18.7 Å². The number of primary amides is 1. The Morgan fingerprint density at radius 2 is 1.89 bits per heavy atom. The molecule has 2 atom stereocenters. The zero-order valence-corrected chi connectivity index (χ0v) is 23.6. The van der Waals surface area contributed by atoms with Crippen LogP contribution in [-0.4, -0.2) is 50.6 Å². The topological polar surface area (TPSA) is 132 Å². The smallest absolute Gasteiger partial charge is 0.424 e. The van der Waals surface area contributed by atoms with Crippen LogP contribution < -0.4 is 15.8 Å². The van der Waals surface area contributed by atoms with E-state index in [-0.39, 0.29) is 51.3 Å². The van der Waals surface area contributed by atoms with Gasteiger partial charge in [0.2, 0.25) is 11.5 Å². The van der Waals surface area contributed by atoms with Gasteiger partial charge in [-0.2, -0.15) is 13.2 Å². The van der Waals surface area contributed by atoms with Crippen molar-refractivity contribution in [1.82, 2.24) is 19.7 Å². The Morgan fingerprint density at radius 1 is 1.16 bits per heavy atom. The molecule has 44 heavy (non-hydrogen) atoms. The van der Waals surface area contributed by atoms with Crippen LogP contribution >= 0.6 is 11.6 Å². The SMILES string of the molecule is C[C@]1(C(N)=O)COc2c1cc(C(O)(CNC(=O)c1cc(F)c3nc(C4CC4)cn3c1)C(F)(F)F)nc2-c1ccc(F)c(Cl)c1. The average Bonchev–Trinajstić information content (AvgIpc) is 3.63. The number of fused-ring (bicyclic) bond motifs is 2. The maximum atomic E-state index is 14.8. The highest BCUT2D eigenvalue weighted by Gasteiger charge is 2.57. The number of nitrogens with one attached hydrogen (secondary N) is 1. The van der Waals surface area contributed by atoms with E-state index >= 15 is 0 Å². The van der Waals surface area contributed by atoms with Crippen molar-refractivity contribution in [2.45, 2.75) is 42.9 Å². The number of imidazole rings is 1. The number of carbonyl (C=O) groups excluding carboxylic acids is 2. The van der Waals surface area contributed by atoms with E-state index < -0.39 is 52.9 Å². The fraction of sp³-hybridized carbons (Fsp3) is 0.310. The van der Waals surface area contributed by atoms with E-state index in [1.807, 2.05) is 5.32 Å². The average molecular weight is 636 g/mol. The second-order valence-corrected chi connectivity index (χ2v) is 11.5. The number of ether oxygens (including phenoxy) is 1. The van der Waals surface area contributed by atoms with Crippen LogP contribution in [0, 0.1) is 11.6 Å². The molecule has 1 aliphatic heterocycles. The second kappa shape index (κ2) is 10.1. The number of alkyl halides is 3. The van der Waals surface area contributed by atoms with Crippen LogP contribution in [-0.2, 0) is 15.8 Å². The summed E-state index contributed by atoms with van der Waals surface area (Å²) in [6, 6.07) is 4.90. The largest absolute Gasteiger partial charge is 0.489 e. The minimum atomic E-state index is -5.43. The molecule has 0 bridgehead atoms. The van der Waals surface area contributed by atoms with Gasteiger partial charge in [0, 0.05) is 29.4 Å². The molecule has 0 spiro atoms. The normalized spacial score (nSPS) is 19.4. The third-order valence-electron chi connectivity index (χ3n) is 7.99. The van der Waals surface area contributed by atoms with Gasteiger partial charge >= 0.3 is 6.18 Å². The summed E-state index contributed by atoms with van der Waals surface area (Å²) in [6.45, 7) is -0.456. The molecular weight excluding hydrogens is 613 g/mol. The molecule has 9 nitrogen and oxygen atoms in total. The van der Waals surface area contributed by atoms with E-state index in [0.717, 1.165) is 37.1 Å². The van der Waals surface area contributed by atoms with Crippen molar-refractivity contribution in [3.63, 3.8) is 0 Å². The number of aliphatic hydroxyl groups is 1. The Hall–Kier alpha value is -4.30. The summed E-state index contributed by atoms with van der Waals surface area (Å²) in [7, 11) is 0. The van der Waals surface area contributed by atoms with E-state index in [2.05, 4.69) is 9.97 Å². The molecule has 4 N–H and O–H groups in total. The molecule has 1 aromatic carbocycles. The van der Waals surface area contributed by atoms with Crippen LogP contribution in [0.15, 0.2) is 42.7 Å².